The van der Waals surface area contributed by atoms with Crippen LogP contribution in [0.5, 0.6) is 0 Å². The topological polar surface area (TPSA) is 68.0 Å². The number of aliphatic hydroxyl groups excluding tert-OH is 1. The molecule has 0 saturated carbocycles. The van der Waals surface area contributed by atoms with Gasteiger partial charge in [0.25, 0.3) is 5.78 Å². The molecule has 20 heavy (non-hydrogen) atoms. The summed E-state index contributed by atoms with van der Waals surface area (Å²) in [6.07, 6.45) is -4.00. The van der Waals surface area contributed by atoms with Gasteiger partial charge in [-0.05, 0) is 11.1 Å². The van der Waals surface area contributed by atoms with Crippen LogP contribution in [0.1, 0.15) is 21.6 Å². The number of carbonyl (C=O) groups excluding carboxylic acids is 1. The Morgan fingerprint density at radius 1 is 1.20 bits per heavy atom. The van der Waals surface area contributed by atoms with Gasteiger partial charge in [0.05, 0.1) is 19.3 Å². The molecular formula is C12H10F3N3O2. The van der Waals surface area contributed by atoms with Crippen molar-refractivity contribution in [2.45, 2.75) is 19.3 Å². The summed E-state index contributed by atoms with van der Waals surface area (Å²) in [5.41, 5.74) is 0.753. The Bertz CT molecular complexity index is 605. The second kappa shape index (κ2) is 5.41. The predicted molar refractivity (Wildman–Crippen MR) is 61.9 cm³/mol. The van der Waals surface area contributed by atoms with Gasteiger partial charge in [-0.25, -0.2) is 4.68 Å². The molecule has 0 amide bonds. The highest BCUT2D eigenvalue weighted by molar-refractivity contribution is 5.98. The van der Waals surface area contributed by atoms with E-state index in [1.165, 1.54) is 0 Å². The first kappa shape index (κ1) is 14.2. The SMILES string of the molecule is O=C(c1cn(Cc2ccc(CO)cc2)nn1)C(F)(F)F. The lowest BCUT2D eigenvalue weighted by Gasteiger charge is -2.02. The number of aromatic nitrogens is 3. The molecule has 0 radical (unpaired) electrons. The van der Waals surface area contributed by atoms with E-state index in [9.17, 15) is 18.0 Å². The number of rotatable bonds is 4. The minimum absolute atomic E-state index is 0.0894. The van der Waals surface area contributed by atoms with Gasteiger partial charge in [-0.3, -0.25) is 4.79 Å². The molecule has 8 heteroatoms. The summed E-state index contributed by atoms with van der Waals surface area (Å²) in [5.74, 6) is -2.01. The van der Waals surface area contributed by atoms with Crippen LogP contribution in [0.25, 0.3) is 0 Å². The summed E-state index contributed by atoms with van der Waals surface area (Å²) in [6.45, 7) is 0.0949. The fourth-order valence-electron chi connectivity index (χ4n) is 1.56. The van der Waals surface area contributed by atoms with E-state index in [0.29, 0.717) is 0 Å². The average molecular weight is 285 g/mol. The van der Waals surface area contributed by atoms with Gasteiger partial charge < -0.3 is 5.11 Å². The van der Waals surface area contributed by atoms with Gasteiger partial charge in [0, 0.05) is 0 Å². The van der Waals surface area contributed by atoms with Gasteiger partial charge in [-0.2, -0.15) is 13.2 Å². The summed E-state index contributed by atoms with van der Waals surface area (Å²) in [5, 5.41) is 15.6. The lowest BCUT2D eigenvalue weighted by molar-refractivity contribution is -0.0888. The second-order valence-corrected chi connectivity index (χ2v) is 4.10. The van der Waals surface area contributed by atoms with Crippen molar-refractivity contribution in [2.24, 2.45) is 0 Å². The quantitative estimate of drug-likeness (QED) is 0.866. The Kier molecular flexibility index (Phi) is 3.84. The monoisotopic (exact) mass is 285 g/mol. The van der Waals surface area contributed by atoms with Gasteiger partial charge in [-0.1, -0.05) is 29.5 Å². The van der Waals surface area contributed by atoms with Gasteiger partial charge in [0.15, 0.2) is 5.69 Å². The number of carbonyl (C=O) groups is 1. The third kappa shape index (κ3) is 3.21. The van der Waals surface area contributed by atoms with Crippen molar-refractivity contribution in [2.75, 3.05) is 0 Å². The van der Waals surface area contributed by atoms with Crippen LogP contribution in [-0.4, -0.2) is 32.1 Å². The lowest BCUT2D eigenvalue weighted by atomic mass is 10.1. The Balaban J connectivity index is 2.11. The first-order valence-electron chi connectivity index (χ1n) is 5.60. The highest BCUT2D eigenvalue weighted by Crippen LogP contribution is 2.20. The number of hydrogen-bond donors (Lipinski definition) is 1. The predicted octanol–water partition coefficient (Wildman–Crippen LogP) is 1.56. The van der Waals surface area contributed by atoms with E-state index in [1.807, 2.05) is 0 Å². The van der Waals surface area contributed by atoms with Crippen molar-refractivity contribution < 1.29 is 23.1 Å². The molecule has 1 aromatic heterocycles. The first-order valence-corrected chi connectivity index (χ1v) is 5.60. The Labute approximate surface area is 111 Å². The minimum Gasteiger partial charge on any atom is -0.392 e. The lowest BCUT2D eigenvalue weighted by Crippen LogP contribution is -2.23. The minimum atomic E-state index is -4.95. The van der Waals surface area contributed by atoms with Gasteiger partial charge >= 0.3 is 6.18 Å². The number of benzene rings is 1. The fraction of sp³-hybridized carbons (Fsp3) is 0.250. The van der Waals surface area contributed by atoms with Crippen LogP contribution in [0.3, 0.4) is 0 Å². The normalized spacial score (nSPS) is 11.6. The zero-order chi connectivity index (χ0) is 14.8. The van der Waals surface area contributed by atoms with Gasteiger partial charge in [-0.15, -0.1) is 5.10 Å². The van der Waals surface area contributed by atoms with Crippen LogP contribution < -0.4 is 0 Å². The average Bonchev–Trinajstić information content (AvgIpc) is 2.86. The van der Waals surface area contributed by atoms with E-state index in [2.05, 4.69) is 10.3 Å². The molecule has 1 heterocycles. The standard InChI is InChI=1S/C12H10F3N3O2/c13-12(14,15)11(20)10-6-18(17-16-10)5-8-1-3-9(7-19)4-2-8/h1-4,6,19H,5,7H2. The number of ketones is 1. The van der Waals surface area contributed by atoms with Crippen molar-refractivity contribution >= 4 is 5.78 Å². The van der Waals surface area contributed by atoms with Crippen molar-refractivity contribution in [3.8, 4) is 0 Å². The third-order valence-corrected chi connectivity index (χ3v) is 2.58. The molecule has 5 nitrogen and oxygen atoms in total. The molecule has 0 saturated heterocycles. The molecule has 106 valence electrons. The van der Waals surface area contributed by atoms with Crippen LogP contribution in [0.15, 0.2) is 30.5 Å². The summed E-state index contributed by atoms with van der Waals surface area (Å²) in [7, 11) is 0. The molecule has 1 aromatic carbocycles. The molecule has 1 N–H and O–H groups in total. The summed E-state index contributed by atoms with van der Waals surface area (Å²) < 4.78 is 37.8. The van der Waals surface area contributed by atoms with Crippen LogP contribution in [0, 0.1) is 0 Å². The van der Waals surface area contributed by atoms with E-state index in [1.54, 1.807) is 24.3 Å². The number of nitrogens with zero attached hydrogens (tertiary/aromatic N) is 3. The van der Waals surface area contributed by atoms with Crippen LogP contribution >= 0.6 is 0 Å². The smallest absolute Gasteiger partial charge is 0.392 e. The number of aliphatic hydroxyl groups is 1. The van der Waals surface area contributed by atoms with Crippen molar-refractivity contribution in [3.63, 3.8) is 0 Å². The molecule has 0 aliphatic heterocycles. The fourth-order valence-corrected chi connectivity index (χ4v) is 1.56. The molecule has 0 spiro atoms. The van der Waals surface area contributed by atoms with Gasteiger partial charge in [0.1, 0.15) is 0 Å². The summed E-state index contributed by atoms with van der Waals surface area (Å²) >= 11 is 0. The third-order valence-electron chi connectivity index (χ3n) is 2.58. The van der Waals surface area contributed by atoms with Crippen molar-refractivity contribution in [1.82, 2.24) is 15.0 Å². The zero-order valence-electron chi connectivity index (χ0n) is 10.1. The van der Waals surface area contributed by atoms with E-state index < -0.39 is 17.7 Å². The second-order valence-electron chi connectivity index (χ2n) is 4.10. The molecule has 0 fully saturated rings. The summed E-state index contributed by atoms with van der Waals surface area (Å²) in [6, 6.07) is 6.79. The van der Waals surface area contributed by atoms with Crippen molar-refractivity contribution in [1.29, 1.82) is 0 Å². The van der Waals surface area contributed by atoms with Crippen molar-refractivity contribution in [3.05, 3.63) is 47.3 Å². The highest BCUT2D eigenvalue weighted by atomic mass is 19.4. The van der Waals surface area contributed by atoms with E-state index in [-0.39, 0.29) is 13.2 Å². The maximum absolute atomic E-state index is 12.2. The number of Topliss-reactive ketones (excluding diaryl/α,β-unsaturated/α-hetero) is 1. The molecular weight excluding hydrogens is 275 g/mol. The molecule has 0 bridgehead atoms. The van der Waals surface area contributed by atoms with Crippen LogP contribution in [-0.2, 0) is 13.2 Å². The first-order chi connectivity index (χ1) is 9.40. The number of halogens is 3. The van der Waals surface area contributed by atoms with Crippen LogP contribution in [0.2, 0.25) is 0 Å². The summed E-state index contributed by atoms with van der Waals surface area (Å²) in [4.78, 5) is 10.9. The van der Waals surface area contributed by atoms with Gasteiger partial charge in [0.2, 0.25) is 0 Å². The van der Waals surface area contributed by atoms with E-state index >= 15 is 0 Å². The molecule has 2 rings (SSSR count). The molecule has 2 aromatic rings. The van der Waals surface area contributed by atoms with Crippen LogP contribution in [0.4, 0.5) is 13.2 Å². The maximum atomic E-state index is 12.2. The zero-order valence-corrected chi connectivity index (χ0v) is 10.1. The largest absolute Gasteiger partial charge is 0.456 e. The molecule has 0 aliphatic rings. The Hall–Kier alpha value is -2.22. The van der Waals surface area contributed by atoms with E-state index in [4.69, 9.17) is 5.11 Å². The molecule has 0 unspecified atom stereocenters. The maximum Gasteiger partial charge on any atom is 0.456 e. The molecule has 0 aliphatic carbocycles. The Morgan fingerprint density at radius 2 is 1.80 bits per heavy atom. The highest BCUT2D eigenvalue weighted by Gasteiger charge is 2.41. The van der Waals surface area contributed by atoms with E-state index in [0.717, 1.165) is 22.0 Å². The Morgan fingerprint density at radius 3 is 2.35 bits per heavy atom. The number of hydrogen-bond acceptors (Lipinski definition) is 4. The number of alkyl halides is 3. The molecule has 0 atom stereocenters.